The number of ether oxygens (including phenoxy) is 2. The second kappa shape index (κ2) is 6.34. The summed E-state index contributed by atoms with van der Waals surface area (Å²) in [5.41, 5.74) is 0. The van der Waals surface area contributed by atoms with Gasteiger partial charge in [0, 0.05) is 6.54 Å². The van der Waals surface area contributed by atoms with Gasteiger partial charge >= 0.3 is 12.0 Å². The van der Waals surface area contributed by atoms with Crippen molar-refractivity contribution in [3.8, 4) is 12.0 Å². The summed E-state index contributed by atoms with van der Waals surface area (Å²) in [5, 5.41) is 6.58. The maximum Gasteiger partial charge on any atom is 0.324 e. The Morgan fingerprint density at radius 2 is 1.94 bits per heavy atom. The minimum Gasteiger partial charge on any atom is -0.467 e. The molecule has 2 N–H and O–H groups in total. The maximum atomic E-state index is 4.99. The lowest BCUT2D eigenvalue weighted by atomic mass is 10.00. The van der Waals surface area contributed by atoms with Crippen molar-refractivity contribution >= 4 is 5.95 Å². The van der Waals surface area contributed by atoms with E-state index in [-0.39, 0.29) is 12.0 Å². The molecule has 0 bridgehead atoms. The molecule has 7 nitrogen and oxygen atoms in total. The summed E-state index contributed by atoms with van der Waals surface area (Å²) in [5.74, 6) is 1.09. The number of anilines is 1. The van der Waals surface area contributed by atoms with Gasteiger partial charge in [0.1, 0.15) is 0 Å². The van der Waals surface area contributed by atoms with Gasteiger partial charge in [-0.3, -0.25) is 0 Å². The Kier molecular flexibility index (Phi) is 4.52. The Hall–Kier alpha value is -1.63. The molecular weight excluding hydrogens is 234 g/mol. The standard InChI is InChI=1S/C11H19N5O2/c1-17-10-14-9(15-11(16-10)18-2)13-7-8-4-3-5-12-6-8/h8,12H,3-7H2,1-2H3,(H,13,14,15,16). The summed E-state index contributed by atoms with van der Waals surface area (Å²) < 4.78 is 9.99. The number of rotatable bonds is 5. The second-order valence-corrected chi connectivity index (χ2v) is 4.23. The molecule has 0 radical (unpaired) electrons. The molecule has 0 amide bonds. The van der Waals surface area contributed by atoms with Crippen LogP contribution in [0.4, 0.5) is 5.95 Å². The summed E-state index contributed by atoms with van der Waals surface area (Å²) in [7, 11) is 3.03. The highest BCUT2D eigenvalue weighted by Gasteiger charge is 2.14. The third-order valence-electron chi connectivity index (χ3n) is 2.91. The van der Waals surface area contributed by atoms with Crippen LogP contribution in [0.2, 0.25) is 0 Å². The molecule has 1 aromatic rings. The predicted octanol–water partition coefficient (Wildman–Crippen LogP) is 0.300. The molecule has 2 heterocycles. The van der Waals surface area contributed by atoms with Gasteiger partial charge in [-0.15, -0.1) is 4.98 Å². The molecule has 0 aromatic carbocycles. The number of hydrogen-bond acceptors (Lipinski definition) is 7. The molecule has 7 heteroatoms. The van der Waals surface area contributed by atoms with E-state index in [9.17, 15) is 0 Å². The first-order valence-corrected chi connectivity index (χ1v) is 6.10. The Morgan fingerprint density at radius 3 is 2.50 bits per heavy atom. The van der Waals surface area contributed by atoms with E-state index in [0.29, 0.717) is 11.9 Å². The molecular formula is C11H19N5O2. The first-order valence-electron chi connectivity index (χ1n) is 6.10. The average Bonchev–Trinajstić information content (AvgIpc) is 2.45. The normalized spacial score (nSPS) is 19.3. The van der Waals surface area contributed by atoms with Crippen molar-refractivity contribution in [3.63, 3.8) is 0 Å². The Bertz CT molecular complexity index is 359. The van der Waals surface area contributed by atoms with E-state index in [1.165, 1.54) is 27.1 Å². The van der Waals surface area contributed by atoms with Crippen molar-refractivity contribution < 1.29 is 9.47 Å². The largest absolute Gasteiger partial charge is 0.467 e. The van der Waals surface area contributed by atoms with E-state index in [2.05, 4.69) is 25.6 Å². The summed E-state index contributed by atoms with van der Waals surface area (Å²) in [6.45, 7) is 2.99. The van der Waals surface area contributed by atoms with Gasteiger partial charge in [0.15, 0.2) is 0 Å². The number of nitrogens with zero attached hydrogens (tertiary/aromatic N) is 3. The van der Waals surface area contributed by atoms with Crippen LogP contribution in [0, 0.1) is 5.92 Å². The van der Waals surface area contributed by atoms with Gasteiger partial charge in [0.2, 0.25) is 5.95 Å². The second-order valence-electron chi connectivity index (χ2n) is 4.23. The molecule has 18 heavy (non-hydrogen) atoms. The van der Waals surface area contributed by atoms with Crippen molar-refractivity contribution in [3.05, 3.63) is 0 Å². The smallest absolute Gasteiger partial charge is 0.324 e. The number of nitrogens with one attached hydrogen (secondary N) is 2. The van der Waals surface area contributed by atoms with Gasteiger partial charge in [-0.1, -0.05) is 0 Å². The Morgan fingerprint density at radius 1 is 1.22 bits per heavy atom. The zero-order chi connectivity index (χ0) is 12.8. The van der Waals surface area contributed by atoms with Crippen molar-refractivity contribution in [2.45, 2.75) is 12.8 Å². The Labute approximate surface area is 106 Å². The summed E-state index contributed by atoms with van der Waals surface area (Å²) in [4.78, 5) is 12.2. The summed E-state index contributed by atoms with van der Waals surface area (Å²) in [6.07, 6.45) is 2.44. The Balaban J connectivity index is 1.94. The van der Waals surface area contributed by atoms with Gasteiger partial charge in [-0.25, -0.2) is 0 Å². The van der Waals surface area contributed by atoms with E-state index < -0.39 is 0 Å². The molecule has 0 spiro atoms. The molecule has 1 unspecified atom stereocenters. The van der Waals surface area contributed by atoms with E-state index in [4.69, 9.17) is 9.47 Å². The number of piperidine rings is 1. The van der Waals surface area contributed by atoms with E-state index in [0.717, 1.165) is 19.6 Å². The first-order chi connectivity index (χ1) is 8.81. The first kappa shape index (κ1) is 12.8. The van der Waals surface area contributed by atoms with Crippen molar-refractivity contribution in [1.29, 1.82) is 0 Å². The highest BCUT2D eigenvalue weighted by Crippen LogP contribution is 2.14. The van der Waals surface area contributed by atoms with Crippen LogP contribution >= 0.6 is 0 Å². The lowest BCUT2D eigenvalue weighted by Gasteiger charge is -2.22. The van der Waals surface area contributed by atoms with Crippen LogP contribution in [0.1, 0.15) is 12.8 Å². The molecule has 1 fully saturated rings. The molecule has 0 saturated carbocycles. The van der Waals surface area contributed by atoms with E-state index >= 15 is 0 Å². The molecule has 100 valence electrons. The van der Waals surface area contributed by atoms with Crippen LogP contribution in [0.5, 0.6) is 12.0 Å². The van der Waals surface area contributed by atoms with Gasteiger partial charge in [0.05, 0.1) is 14.2 Å². The maximum absolute atomic E-state index is 4.99. The third kappa shape index (κ3) is 3.43. The lowest BCUT2D eigenvalue weighted by Crippen LogP contribution is -2.33. The average molecular weight is 253 g/mol. The number of hydrogen-bond donors (Lipinski definition) is 2. The molecule has 1 aliphatic heterocycles. The lowest BCUT2D eigenvalue weighted by molar-refractivity contribution is 0.340. The molecule has 1 saturated heterocycles. The van der Waals surface area contributed by atoms with Gasteiger partial charge < -0.3 is 20.1 Å². The summed E-state index contributed by atoms with van der Waals surface area (Å²) >= 11 is 0. The zero-order valence-electron chi connectivity index (χ0n) is 10.8. The molecule has 2 rings (SSSR count). The van der Waals surface area contributed by atoms with Crippen LogP contribution < -0.4 is 20.1 Å². The summed E-state index contributed by atoms with van der Waals surface area (Å²) in [6, 6.07) is 0.511. The quantitative estimate of drug-likeness (QED) is 0.781. The minimum atomic E-state index is 0.256. The topological polar surface area (TPSA) is 81.2 Å². The van der Waals surface area contributed by atoms with Crippen molar-refractivity contribution in [1.82, 2.24) is 20.3 Å². The van der Waals surface area contributed by atoms with E-state index in [1.54, 1.807) is 0 Å². The van der Waals surface area contributed by atoms with Crippen LogP contribution in [0.3, 0.4) is 0 Å². The SMILES string of the molecule is COc1nc(NCC2CCCNC2)nc(OC)n1. The fourth-order valence-electron chi connectivity index (χ4n) is 1.93. The third-order valence-corrected chi connectivity index (χ3v) is 2.91. The van der Waals surface area contributed by atoms with Crippen LogP contribution in [0.25, 0.3) is 0 Å². The van der Waals surface area contributed by atoms with Crippen molar-refractivity contribution in [2.75, 3.05) is 39.2 Å². The number of methoxy groups -OCH3 is 2. The zero-order valence-corrected chi connectivity index (χ0v) is 10.8. The van der Waals surface area contributed by atoms with Crippen LogP contribution in [0.15, 0.2) is 0 Å². The van der Waals surface area contributed by atoms with Gasteiger partial charge in [0.25, 0.3) is 0 Å². The predicted molar refractivity (Wildman–Crippen MR) is 67.0 cm³/mol. The van der Waals surface area contributed by atoms with Gasteiger partial charge in [-0.2, -0.15) is 9.97 Å². The van der Waals surface area contributed by atoms with E-state index in [1.807, 2.05) is 0 Å². The van der Waals surface area contributed by atoms with Gasteiger partial charge in [-0.05, 0) is 31.8 Å². The highest BCUT2D eigenvalue weighted by molar-refractivity contribution is 5.27. The van der Waals surface area contributed by atoms with Crippen molar-refractivity contribution in [2.24, 2.45) is 5.92 Å². The van der Waals surface area contributed by atoms with Crippen LogP contribution in [-0.2, 0) is 0 Å². The molecule has 0 aliphatic carbocycles. The minimum absolute atomic E-state index is 0.256. The fourth-order valence-corrected chi connectivity index (χ4v) is 1.93. The van der Waals surface area contributed by atoms with Crippen LogP contribution in [-0.4, -0.2) is 48.8 Å². The number of aromatic nitrogens is 3. The fraction of sp³-hybridized carbons (Fsp3) is 0.727. The monoisotopic (exact) mass is 253 g/mol. The molecule has 1 atom stereocenters. The highest BCUT2D eigenvalue weighted by atomic mass is 16.5. The molecule has 1 aliphatic rings. The molecule has 1 aromatic heterocycles.